The molecule has 2 aromatic heterocycles. The van der Waals surface area contributed by atoms with Gasteiger partial charge in [0.15, 0.2) is 0 Å². The molecule has 0 aliphatic rings. The van der Waals surface area contributed by atoms with Crippen molar-refractivity contribution in [2.24, 2.45) is 0 Å². The first kappa shape index (κ1) is 15.6. The van der Waals surface area contributed by atoms with Crippen molar-refractivity contribution in [2.45, 2.75) is 13.0 Å². The summed E-state index contributed by atoms with van der Waals surface area (Å²) in [5, 5.41) is 15.2. The molecule has 3 rings (SSSR count). The van der Waals surface area contributed by atoms with E-state index in [-0.39, 0.29) is 23.4 Å². The van der Waals surface area contributed by atoms with Gasteiger partial charge in [0.1, 0.15) is 5.65 Å². The van der Waals surface area contributed by atoms with Gasteiger partial charge >= 0.3 is 0 Å². The quantitative estimate of drug-likeness (QED) is 0.766. The maximum atomic E-state index is 12.4. The number of nitrogens with zero attached hydrogens (tertiary/aromatic N) is 3. The number of aromatic hydroxyl groups is 1. The molecule has 6 nitrogen and oxygen atoms in total. The summed E-state index contributed by atoms with van der Waals surface area (Å²) in [4.78, 5) is 17.2. The summed E-state index contributed by atoms with van der Waals surface area (Å²) in [6, 6.07) is 7.24. The molecule has 0 bridgehead atoms. The van der Waals surface area contributed by atoms with E-state index in [2.05, 4.69) is 10.1 Å². The van der Waals surface area contributed by atoms with Crippen molar-refractivity contribution >= 4 is 17.2 Å². The normalized spacial score (nSPS) is 11.5. The van der Waals surface area contributed by atoms with Gasteiger partial charge in [0.2, 0.25) is 5.88 Å². The molecule has 0 amide bonds. The Morgan fingerprint density at radius 3 is 2.74 bits per heavy atom. The van der Waals surface area contributed by atoms with E-state index >= 15 is 0 Å². The van der Waals surface area contributed by atoms with Gasteiger partial charge in [-0.3, -0.25) is 4.79 Å². The van der Waals surface area contributed by atoms with Crippen LogP contribution in [0, 0.1) is 0 Å². The SMILES string of the molecule is CN(C)Cc1cnn2c(O)c(Cc3ccccc3Cl)c(=O)[nH]c12. The average Bonchev–Trinajstić information content (AvgIpc) is 2.87. The molecule has 0 atom stereocenters. The Bertz CT molecular complexity index is 914. The van der Waals surface area contributed by atoms with Gasteiger partial charge in [0.25, 0.3) is 5.56 Å². The van der Waals surface area contributed by atoms with E-state index in [4.69, 9.17) is 11.6 Å². The largest absolute Gasteiger partial charge is 0.493 e. The van der Waals surface area contributed by atoms with Gasteiger partial charge in [-0.1, -0.05) is 29.8 Å². The lowest BCUT2D eigenvalue weighted by Crippen LogP contribution is -2.17. The number of aromatic amines is 1. The number of nitrogens with one attached hydrogen (secondary N) is 1. The molecule has 3 aromatic rings. The fourth-order valence-corrected chi connectivity index (χ4v) is 2.74. The predicted octanol–water partition coefficient (Wildman–Crippen LogP) is 2.03. The van der Waals surface area contributed by atoms with Crippen LogP contribution >= 0.6 is 11.6 Å². The third-order valence-corrected chi connectivity index (χ3v) is 4.00. The summed E-state index contributed by atoms with van der Waals surface area (Å²) < 4.78 is 1.35. The monoisotopic (exact) mass is 332 g/mol. The highest BCUT2D eigenvalue weighted by Gasteiger charge is 2.17. The molecule has 23 heavy (non-hydrogen) atoms. The van der Waals surface area contributed by atoms with Gasteiger partial charge in [-0.2, -0.15) is 9.61 Å². The van der Waals surface area contributed by atoms with Crippen LogP contribution in [0.25, 0.3) is 5.65 Å². The third-order valence-electron chi connectivity index (χ3n) is 3.63. The molecule has 0 spiro atoms. The standard InChI is InChI=1S/C16H17ClN4O2/c1-20(2)9-11-8-18-21-14(11)19-15(22)12(16(21)23)7-10-5-3-4-6-13(10)17/h3-6,8,23H,7,9H2,1-2H3,(H,19,22). The number of benzene rings is 1. The van der Waals surface area contributed by atoms with Crippen molar-refractivity contribution in [3.8, 4) is 5.88 Å². The lowest BCUT2D eigenvalue weighted by molar-refractivity contribution is 0.403. The summed E-state index contributed by atoms with van der Waals surface area (Å²) in [6.45, 7) is 0.614. The highest BCUT2D eigenvalue weighted by Crippen LogP contribution is 2.23. The molecule has 7 heteroatoms. The van der Waals surface area contributed by atoms with E-state index < -0.39 is 0 Å². The molecule has 0 unspecified atom stereocenters. The Morgan fingerprint density at radius 1 is 1.30 bits per heavy atom. The summed E-state index contributed by atoms with van der Waals surface area (Å²) in [5.74, 6) is -0.159. The maximum absolute atomic E-state index is 12.4. The topological polar surface area (TPSA) is 73.6 Å². The molecule has 120 valence electrons. The van der Waals surface area contributed by atoms with Crippen LogP contribution in [0.5, 0.6) is 5.88 Å². The first-order chi connectivity index (χ1) is 11.0. The van der Waals surface area contributed by atoms with Crippen LogP contribution in [-0.4, -0.2) is 38.7 Å². The molecule has 0 fully saturated rings. The molecule has 2 N–H and O–H groups in total. The van der Waals surface area contributed by atoms with Crippen LogP contribution in [0.15, 0.2) is 35.3 Å². The minimum atomic E-state index is -0.338. The van der Waals surface area contributed by atoms with Gasteiger partial charge < -0.3 is 15.0 Å². The molecule has 0 aliphatic heterocycles. The van der Waals surface area contributed by atoms with Gasteiger partial charge in [-0.15, -0.1) is 0 Å². The fraction of sp³-hybridized carbons (Fsp3) is 0.250. The number of aromatic nitrogens is 3. The van der Waals surface area contributed by atoms with E-state index in [0.29, 0.717) is 17.2 Å². The zero-order valence-electron chi connectivity index (χ0n) is 12.9. The first-order valence-electron chi connectivity index (χ1n) is 7.16. The minimum absolute atomic E-state index is 0.159. The molecule has 0 aliphatic carbocycles. The number of hydrogen-bond donors (Lipinski definition) is 2. The van der Waals surface area contributed by atoms with E-state index in [9.17, 15) is 9.90 Å². The molecule has 1 aromatic carbocycles. The lowest BCUT2D eigenvalue weighted by atomic mass is 10.1. The highest BCUT2D eigenvalue weighted by atomic mass is 35.5. The van der Waals surface area contributed by atoms with Crippen molar-refractivity contribution in [2.75, 3.05) is 14.1 Å². The molecular weight excluding hydrogens is 316 g/mol. The number of hydrogen-bond acceptors (Lipinski definition) is 4. The Balaban J connectivity index is 2.09. The Morgan fingerprint density at radius 2 is 2.04 bits per heavy atom. The van der Waals surface area contributed by atoms with Crippen molar-refractivity contribution < 1.29 is 5.11 Å². The summed E-state index contributed by atoms with van der Waals surface area (Å²) in [6.07, 6.45) is 1.88. The molecular formula is C16H17ClN4O2. The van der Waals surface area contributed by atoms with Crippen LogP contribution < -0.4 is 5.56 Å². The predicted molar refractivity (Wildman–Crippen MR) is 89.1 cm³/mol. The summed E-state index contributed by atoms with van der Waals surface area (Å²) >= 11 is 6.14. The van der Waals surface area contributed by atoms with Crippen molar-refractivity contribution in [3.63, 3.8) is 0 Å². The summed E-state index contributed by atoms with van der Waals surface area (Å²) in [7, 11) is 3.85. The van der Waals surface area contributed by atoms with Gasteiger partial charge in [0.05, 0.1) is 11.8 Å². The zero-order chi connectivity index (χ0) is 16.6. The van der Waals surface area contributed by atoms with Gasteiger partial charge in [-0.05, 0) is 25.7 Å². The smallest absolute Gasteiger partial charge is 0.258 e. The van der Waals surface area contributed by atoms with Gasteiger partial charge in [0, 0.05) is 23.6 Å². The molecule has 0 radical (unpaired) electrons. The van der Waals surface area contributed by atoms with Crippen LogP contribution in [0.3, 0.4) is 0 Å². The number of fused-ring (bicyclic) bond motifs is 1. The third kappa shape index (κ3) is 2.95. The van der Waals surface area contributed by atoms with E-state index in [1.807, 2.05) is 37.2 Å². The molecule has 2 heterocycles. The Kier molecular flexibility index (Phi) is 4.11. The van der Waals surface area contributed by atoms with Crippen molar-refractivity contribution in [3.05, 3.63) is 62.5 Å². The van der Waals surface area contributed by atoms with Crippen LogP contribution in [0.4, 0.5) is 0 Å². The Labute approximate surface area is 137 Å². The molecule has 0 saturated carbocycles. The van der Waals surface area contributed by atoms with Crippen LogP contribution in [0.1, 0.15) is 16.7 Å². The van der Waals surface area contributed by atoms with Crippen molar-refractivity contribution in [1.82, 2.24) is 19.5 Å². The first-order valence-corrected chi connectivity index (χ1v) is 7.54. The lowest BCUT2D eigenvalue weighted by Gasteiger charge is -2.09. The van der Waals surface area contributed by atoms with Crippen LogP contribution in [0.2, 0.25) is 5.02 Å². The van der Waals surface area contributed by atoms with E-state index in [1.165, 1.54) is 4.52 Å². The second-order valence-corrected chi connectivity index (χ2v) is 6.10. The van der Waals surface area contributed by atoms with E-state index in [0.717, 1.165) is 11.1 Å². The second kappa shape index (κ2) is 6.06. The molecule has 0 saturated heterocycles. The number of H-pyrrole nitrogens is 1. The Hall–Kier alpha value is -2.31. The zero-order valence-corrected chi connectivity index (χ0v) is 13.6. The number of rotatable bonds is 4. The highest BCUT2D eigenvalue weighted by molar-refractivity contribution is 6.31. The maximum Gasteiger partial charge on any atom is 0.258 e. The van der Waals surface area contributed by atoms with Crippen molar-refractivity contribution in [1.29, 1.82) is 0 Å². The van der Waals surface area contributed by atoms with E-state index in [1.54, 1.807) is 12.3 Å². The summed E-state index contributed by atoms with van der Waals surface area (Å²) in [5.41, 5.74) is 2.02. The fourth-order valence-electron chi connectivity index (χ4n) is 2.54. The van der Waals surface area contributed by atoms with Crippen LogP contribution in [-0.2, 0) is 13.0 Å². The minimum Gasteiger partial charge on any atom is -0.493 e. The second-order valence-electron chi connectivity index (χ2n) is 5.69. The number of halogens is 1. The van der Waals surface area contributed by atoms with Gasteiger partial charge in [-0.25, -0.2) is 0 Å². The average molecular weight is 333 g/mol.